The van der Waals surface area contributed by atoms with Crippen LogP contribution in [0.3, 0.4) is 0 Å². The molecular formula is C9H10N4O2. The highest BCUT2D eigenvalue weighted by Gasteiger charge is 2.09. The van der Waals surface area contributed by atoms with E-state index in [4.69, 9.17) is 15.0 Å². The van der Waals surface area contributed by atoms with E-state index in [2.05, 4.69) is 15.1 Å². The SMILES string of the molecule is COc1cc(N)nc(-c2noc(C)n2)c1. The summed E-state index contributed by atoms with van der Waals surface area (Å²) in [6.07, 6.45) is 0. The highest BCUT2D eigenvalue weighted by Crippen LogP contribution is 2.21. The van der Waals surface area contributed by atoms with E-state index < -0.39 is 0 Å². The molecule has 0 amide bonds. The lowest BCUT2D eigenvalue weighted by Crippen LogP contribution is -1.95. The van der Waals surface area contributed by atoms with Crippen molar-refractivity contribution in [1.82, 2.24) is 15.1 Å². The summed E-state index contributed by atoms with van der Waals surface area (Å²) in [4.78, 5) is 8.12. The summed E-state index contributed by atoms with van der Waals surface area (Å²) < 4.78 is 9.91. The molecule has 2 rings (SSSR count). The van der Waals surface area contributed by atoms with Crippen molar-refractivity contribution in [2.75, 3.05) is 12.8 Å². The Labute approximate surface area is 86.1 Å². The van der Waals surface area contributed by atoms with E-state index in [9.17, 15) is 0 Å². The van der Waals surface area contributed by atoms with Crippen molar-refractivity contribution in [2.24, 2.45) is 0 Å². The third kappa shape index (κ3) is 1.88. The van der Waals surface area contributed by atoms with Crippen molar-refractivity contribution < 1.29 is 9.26 Å². The number of methoxy groups -OCH3 is 1. The van der Waals surface area contributed by atoms with Gasteiger partial charge in [0.1, 0.15) is 17.3 Å². The lowest BCUT2D eigenvalue weighted by atomic mass is 10.3. The Bertz CT molecular complexity index is 481. The number of anilines is 1. The molecular weight excluding hydrogens is 196 g/mol. The molecule has 0 radical (unpaired) electrons. The first-order valence-corrected chi connectivity index (χ1v) is 4.31. The molecule has 6 nitrogen and oxygen atoms in total. The second-order valence-electron chi connectivity index (χ2n) is 2.95. The fourth-order valence-corrected chi connectivity index (χ4v) is 1.16. The first-order valence-electron chi connectivity index (χ1n) is 4.31. The van der Waals surface area contributed by atoms with E-state index in [1.807, 2.05) is 0 Å². The highest BCUT2D eigenvalue weighted by atomic mass is 16.5. The van der Waals surface area contributed by atoms with Crippen LogP contribution < -0.4 is 10.5 Å². The Morgan fingerprint density at radius 3 is 2.73 bits per heavy atom. The van der Waals surface area contributed by atoms with Gasteiger partial charge in [0.15, 0.2) is 0 Å². The minimum absolute atomic E-state index is 0.354. The minimum atomic E-state index is 0.354. The Kier molecular flexibility index (Phi) is 2.24. The number of nitrogens with two attached hydrogens (primary N) is 1. The van der Waals surface area contributed by atoms with Crippen LogP contribution in [0.2, 0.25) is 0 Å². The van der Waals surface area contributed by atoms with E-state index in [0.717, 1.165) is 0 Å². The molecule has 0 aromatic carbocycles. The molecule has 2 heterocycles. The monoisotopic (exact) mass is 206 g/mol. The van der Waals surface area contributed by atoms with Crippen molar-refractivity contribution in [3.63, 3.8) is 0 Å². The molecule has 0 saturated heterocycles. The van der Waals surface area contributed by atoms with Crippen LogP contribution in [0.25, 0.3) is 11.5 Å². The van der Waals surface area contributed by atoms with Gasteiger partial charge in [-0.2, -0.15) is 4.98 Å². The van der Waals surface area contributed by atoms with Crippen LogP contribution in [0.5, 0.6) is 5.75 Å². The minimum Gasteiger partial charge on any atom is -0.497 e. The molecule has 2 aromatic heterocycles. The van der Waals surface area contributed by atoms with Crippen molar-refractivity contribution >= 4 is 5.82 Å². The average molecular weight is 206 g/mol. The molecule has 2 aromatic rings. The van der Waals surface area contributed by atoms with Crippen molar-refractivity contribution in [3.05, 3.63) is 18.0 Å². The van der Waals surface area contributed by atoms with Crippen LogP contribution in [0.4, 0.5) is 5.82 Å². The van der Waals surface area contributed by atoms with E-state index in [0.29, 0.717) is 29.0 Å². The van der Waals surface area contributed by atoms with Gasteiger partial charge < -0.3 is 15.0 Å². The van der Waals surface area contributed by atoms with Gasteiger partial charge >= 0.3 is 0 Å². The van der Waals surface area contributed by atoms with Gasteiger partial charge in [-0.05, 0) is 0 Å². The van der Waals surface area contributed by atoms with E-state index >= 15 is 0 Å². The molecule has 0 aliphatic heterocycles. The van der Waals surface area contributed by atoms with Gasteiger partial charge in [0.05, 0.1) is 7.11 Å². The molecule has 6 heteroatoms. The number of aryl methyl sites for hydroxylation is 1. The summed E-state index contributed by atoms with van der Waals surface area (Å²) in [6.45, 7) is 1.71. The smallest absolute Gasteiger partial charge is 0.223 e. The van der Waals surface area contributed by atoms with Gasteiger partial charge in [-0.15, -0.1) is 0 Å². The largest absolute Gasteiger partial charge is 0.497 e. The van der Waals surface area contributed by atoms with Gasteiger partial charge in [0.2, 0.25) is 11.7 Å². The van der Waals surface area contributed by atoms with E-state index in [-0.39, 0.29) is 0 Å². The zero-order valence-electron chi connectivity index (χ0n) is 8.39. The molecule has 0 fully saturated rings. The van der Waals surface area contributed by atoms with Gasteiger partial charge in [-0.25, -0.2) is 4.98 Å². The van der Waals surface area contributed by atoms with Crippen LogP contribution in [-0.4, -0.2) is 22.2 Å². The van der Waals surface area contributed by atoms with Gasteiger partial charge in [-0.3, -0.25) is 0 Å². The van der Waals surface area contributed by atoms with E-state index in [1.165, 1.54) is 0 Å². The van der Waals surface area contributed by atoms with Crippen LogP contribution >= 0.6 is 0 Å². The maximum atomic E-state index is 5.60. The molecule has 0 aliphatic rings. The number of nitrogens with zero attached hydrogens (tertiary/aromatic N) is 3. The molecule has 78 valence electrons. The zero-order chi connectivity index (χ0) is 10.8. The highest BCUT2D eigenvalue weighted by molar-refractivity contribution is 5.55. The summed E-state index contributed by atoms with van der Waals surface area (Å²) in [6, 6.07) is 3.32. The topological polar surface area (TPSA) is 87.1 Å². The third-order valence-corrected chi connectivity index (χ3v) is 1.81. The molecule has 0 aliphatic carbocycles. The first-order chi connectivity index (χ1) is 7.19. The standard InChI is InChI=1S/C9H10N4O2/c1-5-11-9(13-15-5)7-3-6(14-2)4-8(10)12-7/h3-4H,1-2H3,(H2,10,12). The number of hydrogen-bond acceptors (Lipinski definition) is 6. The quantitative estimate of drug-likeness (QED) is 0.789. The van der Waals surface area contributed by atoms with Gasteiger partial charge in [0.25, 0.3) is 0 Å². The summed E-state index contributed by atoms with van der Waals surface area (Å²) in [7, 11) is 1.56. The zero-order valence-corrected chi connectivity index (χ0v) is 8.39. The lowest BCUT2D eigenvalue weighted by Gasteiger charge is -2.02. The van der Waals surface area contributed by atoms with Crippen molar-refractivity contribution in [2.45, 2.75) is 6.92 Å². The Morgan fingerprint density at radius 1 is 1.33 bits per heavy atom. The number of nitrogen functional groups attached to an aromatic ring is 1. The molecule has 0 atom stereocenters. The molecule has 0 unspecified atom stereocenters. The van der Waals surface area contributed by atoms with Crippen molar-refractivity contribution in [1.29, 1.82) is 0 Å². The predicted octanol–water partition coefficient (Wildman–Crippen LogP) is 1.03. The molecule has 0 saturated carbocycles. The summed E-state index contributed by atoms with van der Waals surface area (Å²) >= 11 is 0. The third-order valence-electron chi connectivity index (χ3n) is 1.81. The predicted molar refractivity (Wildman–Crippen MR) is 53.2 cm³/mol. The van der Waals surface area contributed by atoms with Crippen LogP contribution in [-0.2, 0) is 0 Å². The van der Waals surface area contributed by atoms with Gasteiger partial charge in [0, 0.05) is 19.1 Å². The molecule has 15 heavy (non-hydrogen) atoms. The van der Waals surface area contributed by atoms with Crippen LogP contribution in [0, 0.1) is 6.92 Å². The fraction of sp³-hybridized carbons (Fsp3) is 0.222. The maximum Gasteiger partial charge on any atom is 0.223 e. The summed E-state index contributed by atoms with van der Waals surface area (Å²) in [5.74, 6) is 1.85. The Morgan fingerprint density at radius 2 is 2.13 bits per heavy atom. The Hall–Kier alpha value is -2.11. The average Bonchev–Trinajstić information content (AvgIpc) is 2.64. The maximum absolute atomic E-state index is 5.60. The number of hydrogen-bond donors (Lipinski definition) is 1. The molecule has 0 bridgehead atoms. The summed E-state index contributed by atoms with van der Waals surface area (Å²) in [5.41, 5.74) is 6.13. The number of aromatic nitrogens is 3. The Balaban J connectivity index is 2.48. The number of rotatable bonds is 2. The second kappa shape index (κ2) is 3.56. The lowest BCUT2D eigenvalue weighted by molar-refractivity contribution is 0.394. The van der Waals surface area contributed by atoms with Crippen LogP contribution in [0.15, 0.2) is 16.7 Å². The van der Waals surface area contributed by atoms with Crippen LogP contribution in [0.1, 0.15) is 5.89 Å². The second-order valence-corrected chi connectivity index (χ2v) is 2.95. The molecule has 2 N–H and O–H groups in total. The normalized spacial score (nSPS) is 10.3. The van der Waals surface area contributed by atoms with Gasteiger partial charge in [-0.1, -0.05) is 5.16 Å². The van der Waals surface area contributed by atoms with Crippen molar-refractivity contribution in [3.8, 4) is 17.3 Å². The molecule has 0 spiro atoms. The first kappa shape index (κ1) is 9.45. The fourth-order valence-electron chi connectivity index (χ4n) is 1.16. The number of pyridine rings is 1. The summed E-state index contributed by atoms with van der Waals surface area (Å²) in [5, 5.41) is 3.74. The van der Waals surface area contributed by atoms with E-state index in [1.54, 1.807) is 26.2 Å². The number of ether oxygens (including phenoxy) is 1.